The van der Waals surface area contributed by atoms with E-state index in [0.717, 1.165) is 0 Å². The van der Waals surface area contributed by atoms with E-state index in [4.69, 9.17) is 11.5 Å². The molecule has 17 heteroatoms. The molecule has 0 aromatic carbocycles. The van der Waals surface area contributed by atoms with Crippen LogP contribution in [0.15, 0.2) is 0 Å². The van der Waals surface area contributed by atoms with Gasteiger partial charge in [-0.15, -0.1) is 0 Å². The van der Waals surface area contributed by atoms with Crippen LogP contribution in [-0.2, 0) is 38.4 Å². The molecule has 0 spiro atoms. The summed E-state index contributed by atoms with van der Waals surface area (Å²) in [6.45, 7) is 11.8. The number of hydrogen-bond donors (Lipinski definition) is 9. The second-order valence-electron chi connectivity index (χ2n) is 12.6. The van der Waals surface area contributed by atoms with Crippen LogP contribution in [0.2, 0.25) is 0 Å². The number of amides is 6. The largest absolute Gasteiger partial charge is 0.481 e. The highest BCUT2D eigenvalue weighted by atomic mass is 16.4. The lowest BCUT2D eigenvalue weighted by molar-refractivity contribution is -0.144. The first-order valence-corrected chi connectivity index (χ1v) is 15.7. The smallest absolute Gasteiger partial charge is 0.326 e. The lowest BCUT2D eigenvalue weighted by atomic mass is 9.96. The summed E-state index contributed by atoms with van der Waals surface area (Å²) in [6.07, 6.45) is -0.749. The molecular formula is C30H53N7O10. The van der Waals surface area contributed by atoms with E-state index in [-0.39, 0.29) is 37.5 Å². The molecule has 47 heavy (non-hydrogen) atoms. The van der Waals surface area contributed by atoms with E-state index in [1.807, 2.05) is 0 Å². The van der Waals surface area contributed by atoms with Gasteiger partial charge >= 0.3 is 11.9 Å². The Morgan fingerprint density at radius 3 is 1.51 bits per heavy atom. The van der Waals surface area contributed by atoms with Crippen LogP contribution in [0.1, 0.15) is 87.0 Å². The summed E-state index contributed by atoms with van der Waals surface area (Å²) in [5.41, 5.74) is 10.8. The first-order valence-electron chi connectivity index (χ1n) is 15.7. The molecule has 0 fully saturated rings. The lowest BCUT2D eigenvalue weighted by Gasteiger charge is -2.29. The van der Waals surface area contributed by atoms with Crippen LogP contribution < -0.4 is 38.1 Å². The number of rotatable bonds is 22. The summed E-state index contributed by atoms with van der Waals surface area (Å²) in [5, 5.41) is 31.1. The van der Waals surface area contributed by atoms with Crippen molar-refractivity contribution in [2.45, 2.75) is 123 Å². The fourth-order valence-corrected chi connectivity index (χ4v) is 4.40. The Morgan fingerprint density at radius 2 is 1.06 bits per heavy atom. The first-order chi connectivity index (χ1) is 21.7. The summed E-state index contributed by atoms with van der Waals surface area (Å²) >= 11 is 0. The zero-order valence-corrected chi connectivity index (χ0v) is 28.3. The van der Waals surface area contributed by atoms with Gasteiger partial charge in [-0.25, -0.2) is 4.79 Å². The van der Waals surface area contributed by atoms with E-state index >= 15 is 0 Å². The second-order valence-corrected chi connectivity index (χ2v) is 12.6. The Labute approximate surface area is 275 Å². The molecule has 0 aliphatic heterocycles. The topological polar surface area (TPSA) is 289 Å². The van der Waals surface area contributed by atoms with Gasteiger partial charge in [-0.1, -0.05) is 48.0 Å². The highest BCUT2D eigenvalue weighted by Crippen LogP contribution is 2.13. The molecule has 17 nitrogen and oxygen atoms in total. The number of nitrogens with two attached hydrogens (primary N) is 2. The molecule has 0 saturated heterocycles. The molecule has 7 atom stereocenters. The van der Waals surface area contributed by atoms with Crippen LogP contribution in [0.3, 0.4) is 0 Å². The number of hydrogen-bond acceptors (Lipinski definition) is 9. The molecule has 0 bridgehead atoms. The third-order valence-electron chi connectivity index (χ3n) is 7.19. The predicted octanol–water partition coefficient (Wildman–Crippen LogP) is -1.28. The number of nitrogens with one attached hydrogen (secondary N) is 5. The van der Waals surface area contributed by atoms with Gasteiger partial charge in [-0.3, -0.25) is 33.6 Å². The quantitative estimate of drug-likeness (QED) is 0.0653. The van der Waals surface area contributed by atoms with Crippen molar-refractivity contribution in [2.24, 2.45) is 29.2 Å². The number of aliphatic carboxylic acids is 2. The van der Waals surface area contributed by atoms with Gasteiger partial charge in [0, 0.05) is 6.42 Å². The molecule has 6 amide bonds. The maximum atomic E-state index is 13.6. The maximum Gasteiger partial charge on any atom is 0.326 e. The van der Waals surface area contributed by atoms with Gasteiger partial charge in [0.2, 0.25) is 35.4 Å². The molecule has 0 aromatic rings. The van der Waals surface area contributed by atoms with Crippen molar-refractivity contribution in [1.82, 2.24) is 26.6 Å². The van der Waals surface area contributed by atoms with Crippen LogP contribution in [0.25, 0.3) is 0 Å². The molecule has 0 aliphatic carbocycles. The van der Waals surface area contributed by atoms with E-state index in [0.29, 0.717) is 6.42 Å². The molecule has 11 N–H and O–H groups in total. The Balaban J connectivity index is 6.16. The standard InChI is InChI=1S/C30H53N7O10/c1-8-16(6)24(29(45)35-20(13-23(39)40)27(43)36-21(30(46)47)12-15(4)5)37-28(44)19(11-14(2)3)34-26(42)18(9-10-22(32)38)33-25(41)17(7)31/h14-21,24H,8-13,31H2,1-7H3,(H2,32,38)(H,33,41)(H,34,42)(H,35,45)(H,36,43)(H,37,44)(H,39,40)(H,46,47)/t16-,17-,18-,19-,20-,21-,24-/m0/s1. The monoisotopic (exact) mass is 671 g/mol. The minimum Gasteiger partial charge on any atom is -0.481 e. The average Bonchev–Trinajstić information content (AvgIpc) is 2.94. The first kappa shape index (κ1) is 42.7. The predicted molar refractivity (Wildman–Crippen MR) is 170 cm³/mol. The van der Waals surface area contributed by atoms with Crippen LogP contribution in [0.4, 0.5) is 0 Å². The Morgan fingerprint density at radius 1 is 0.617 bits per heavy atom. The Bertz CT molecular complexity index is 1130. The molecule has 0 radical (unpaired) electrons. The Kier molecular flexibility index (Phi) is 18.9. The normalized spacial score (nSPS) is 15.6. The van der Waals surface area contributed by atoms with Crippen LogP contribution >= 0.6 is 0 Å². The van der Waals surface area contributed by atoms with E-state index in [1.165, 1.54) is 6.92 Å². The van der Waals surface area contributed by atoms with Crippen molar-refractivity contribution in [1.29, 1.82) is 0 Å². The average molecular weight is 672 g/mol. The van der Waals surface area contributed by atoms with Crippen molar-refractivity contribution >= 4 is 47.4 Å². The van der Waals surface area contributed by atoms with Crippen LogP contribution in [0.5, 0.6) is 0 Å². The lowest BCUT2D eigenvalue weighted by Crippen LogP contribution is -2.60. The number of carbonyl (C=O) groups excluding carboxylic acids is 6. The van der Waals surface area contributed by atoms with Crippen molar-refractivity contribution < 1.29 is 48.6 Å². The van der Waals surface area contributed by atoms with Gasteiger partial charge in [0.1, 0.15) is 30.2 Å². The van der Waals surface area contributed by atoms with Crippen LogP contribution in [-0.4, -0.2) is 93.8 Å². The molecule has 0 aromatic heterocycles. The van der Waals surface area contributed by atoms with Crippen molar-refractivity contribution in [3.8, 4) is 0 Å². The van der Waals surface area contributed by atoms with Crippen molar-refractivity contribution in [2.75, 3.05) is 0 Å². The third-order valence-corrected chi connectivity index (χ3v) is 7.19. The van der Waals surface area contributed by atoms with Gasteiger partial charge in [-0.05, 0) is 43.9 Å². The fraction of sp³-hybridized carbons (Fsp3) is 0.733. The number of carboxylic acids is 2. The minimum absolute atomic E-state index is 0.0572. The summed E-state index contributed by atoms with van der Waals surface area (Å²) < 4.78 is 0. The SMILES string of the molecule is CC[C@H](C)[C@H](NC(=O)[C@H](CC(C)C)NC(=O)[C@H](CCC(N)=O)NC(=O)[C@H](C)N)C(=O)N[C@@H](CC(=O)O)C(=O)N[C@@H](CC(C)C)C(=O)O. The Hall–Kier alpha value is -4.28. The molecule has 268 valence electrons. The van der Waals surface area contributed by atoms with Gasteiger partial charge in [-0.2, -0.15) is 0 Å². The third kappa shape index (κ3) is 16.7. The molecule has 0 rings (SSSR count). The van der Waals surface area contributed by atoms with Gasteiger partial charge in [0.05, 0.1) is 12.5 Å². The summed E-state index contributed by atoms with van der Waals surface area (Å²) in [6, 6.07) is -7.72. The molecular weight excluding hydrogens is 618 g/mol. The number of primary amides is 1. The maximum absolute atomic E-state index is 13.6. The van der Waals surface area contributed by atoms with Gasteiger partial charge < -0.3 is 48.3 Å². The van der Waals surface area contributed by atoms with Crippen LogP contribution in [0, 0.1) is 17.8 Å². The molecule has 0 saturated carbocycles. The fourth-order valence-electron chi connectivity index (χ4n) is 4.40. The summed E-state index contributed by atoms with van der Waals surface area (Å²) in [7, 11) is 0. The van der Waals surface area contributed by atoms with E-state index < -0.39 is 96.0 Å². The highest BCUT2D eigenvalue weighted by molar-refractivity contribution is 5.97. The molecule has 0 aliphatic rings. The van der Waals surface area contributed by atoms with E-state index in [2.05, 4.69) is 26.6 Å². The molecule has 0 unspecified atom stereocenters. The zero-order chi connectivity index (χ0) is 36.6. The number of carboxylic acid groups (broad SMARTS) is 2. The molecule has 0 heterocycles. The zero-order valence-electron chi connectivity index (χ0n) is 28.3. The van der Waals surface area contributed by atoms with E-state index in [1.54, 1.807) is 41.5 Å². The van der Waals surface area contributed by atoms with Gasteiger partial charge in [0.15, 0.2) is 0 Å². The highest BCUT2D eigenvalue weighted by Gasteiger charge is 2.35. The minimum atomic E-state index is -1.66. The van der Waals surface area contributed by atoms with Gasteiger partial charge in [0.25, 0.3) is 0 Å². The van der Waals surface area contributed by atoms with Crippen molar-refractivity contribution in [3.05, 3.63) is 0 Å². The number of carbonyl (C=O) groups is 8. The van der Waals surface area contributed by atoms with E-state index in [9.17, 15) is 48.6 Å². The second kappa shape index (κ2) is 20.8. The summed E-state index contributed by atoms with van der Waals surface area (Å²) in [4.78, 5) is 100. The van der Waals surface area contributed by atoms with Crippen molar-refractivity contribution in [3.63, 3.8) is 0 Å². The summed E-state index contributed by atoms with van der Waals surface area (Å²) in [5.74, 6) is -8.45.